The molecule has 0 bridgehead atoms. The standard InChI is InChI=1S/C18H18FN3O3/c1-12(23)20-15-4-3-5-16(10-15)21-18(25)11-22(13(2)24)17-8-6-14(19)7-9-17/h3-10H,11H2,1-2H3,(H,20,23)(H,21,25). The van der Waals surface area contributed by atoms with Crippen LogP contribution in [0.3, 0.4) is 0 Å². The van der Waals surface area contributed by atoms with Crippen molar-refractivity contribution >= 4 is 34.8 Å². The number of nitrogens with zero attached hydrogens (tertiary/aromatic N) is 1. The minimum atomic E-state index is -0.425. The van der Waals surface area contributed by atoms with Gasteiger partial charge in [-0.15, -0.1) is 0 Å². The van der Waals surface area contributed by atoms with Gasteiger partial charge in [0, 0.05) is 30.9 Å². The summed E-state index contributed by atoms with van der Waals surface area (Å²) in [7, 11) is 0. The molecule has 2 rings (SSSR count). The lowest BCUT2D eigenvalue weighted by Crippen LogP contribution is -2.36. The van der Waals surface area contributed by atoms with Crippen LogP contribution in [-0.4, -0.2) is 24.3 Å². The smallest absolute Gasteiger partial charge is 0.244 e. The lowest BCUT2D eigenvalue weighted by molar-refractivity contribution is -0.120. The van der Waals surface area contributed by atoms with Crippen LogP contribution in [0.5, 0.6) is 0 Å². The van der Waals surface area contributed by atoms with Gasteiger partial charge >= 0.3 is 0 Å². The fourth-order valence-electron chi connectivity index (χ4n) is 2.23. The molecule has 0 aromatic heterocycles. The number of nitrogens with one attached hydrogen (secondary N) is 2. The molecule has 0 atom stereocenters. The quantitative estimate of drug-likeness (QED) is 0.876. The average Bonchev–Trinajstić information content (AvgIpc) is 2.53. The van der Waals surface area contributed by atoms with Crippen LogP contribution in [0.4, 0.5) is 21.5 Å². The highest BCUT2D eigenvalue weighted by Gasteiger charge is 2.16. The van der Waals surface area contributed by atoms with E-state index in [0.717, 1.165) is 0 Å². The fourth-order valence-corrected chi connectivity index (χ4v) is 2.23. The molecule has 2 aromatic carbocycles. The second-order valence-electron chi connectivity index (χ2n) is 5.39. The third-order valence-corrected chi connectivity index (χ3v) is 3.29. The van der Waals surface area contributed by atoms with Crippen LogP contribution in [0, 0.1) is 5.82 Å². The van der Waals surface area contributed by atoms with E-state index >= 15 is 0 Å². The van der Waals surface area contributed by atoms with E-state index in [-0.39, 0.29) is 18.4 Å². The predicted octanol–water partition coefficient (Wildman–Crippen LogP) is 2.78. The number of hydrogen-bond donors (Lipinski definition) is 2. The normalized spacial score (nSPS) is 10.0. The Bertz CT molecular complexity index is 790. The van der Waals surface area contributed by atoms with Gasteiger partial charge in [0.1, 0.15) is 12.4 Å². The van der Waals surface area contributed by atoms with E-state index in [1.54, 1.807) is 24.3 Å². The Balaban J connectivity index is 2.08. The third-order valence-electron chi connectivity index (χ3n) is 3.29. The van der Waals surface area contributed by atoms with Crippen molar-refractivity contribution in [2.45, 2.75) is 13.8 Å². The van der Waals surface area contributed by atoms with Crippen molar-refractivity contribution in [3.8, 4) is 0 Å². The monoisotopic (exact) mass is 343 g/mol. The second kappa shape index (κ2) is 8.05. The summed E-state index contributed by atoms with van der Waals surface area (Å²) in [4.78, 5) is 36.4. The molecule has 0 spiro atoms. The van der Waals surface area contributed by atoms with Gasteiger partial charge in [0.05, 0.1) is 0 Å². The first-order valence-electron chi connectivity index (χ1n) is 7.56. The number of rotatable bonds is 5. The molecule has 0 unspecified atom stereocenters. The summed E-state index contributed by atoms with van der Waals surface area (Å²) in [5.74, 6) is -1.40. The molecule has 0 aliphatic carbocycles. The Hall–Kier alpha value is -3.22. The van der Waals surface area contributed by atoms with Crippen molar-refractivity contribution in [2.24, 2.45) is 0 Å². The van der Waals surface area contributed by atoms with E-state index in [0.29, 0.717) is 17.1 Å². The van der Waals surface area contributed by atoms with Crippen molar-refractivity contribution in [1.29, 1.82) is 0 Å². The molecule has 25 heavy (non-hydrogen) atoms. The van der Waals surface area contributed by atoms with Crippen LogP contribution in [0.2, 0.25) is 0 Å². The van der Waals surface area contributed by atoms with Crippen molar-refractivity contribution in [3.05, 3.63) is 54.3 Å². The van der Waals surface area contributed by atoms with Crippen LogP contribution >= 0.6 is 0 Å². The lowest BCUT2D eigenvalue weighted by Gasteiger charge is -2.20. The van der Waals surface area contributed by atoms with E-state index in [1.807, 2.05) is 0 Å². The summed E-state index contributed by atoms with van der Waals surface area (Å²) in [6.07, 6.45) is 0. The van der Waals surface area contributed by atoms with E-state index in [2.05, 4.69) is 10.6 Å². The Kier molecular flexibility index (Phi) is 5.84. The molecule has 3 amide bonds. The topological polar surface area (TPSA) is 78.5 Å². The maximum atomic E-state index is 13.0. The fraction of sp³-hybridized carbons (Fsp3) is 0.167. The van der Waals surface area contributed by atoms with Crippen LogP contribution in [0.15, 0.2) is 48.5 Å². The number of benzene rings is 2. The molecule has 0 radical (unpaired) electrons. The van der Waals surface area contributed by atoms with Gasteiger partial charge in [-0.1, -0.05) is 6.07 Å². The minimum absolute atomic E-state index is 0.217. The van der Waals surface area contributed by atoms with Gasteiger partial charge in [0.2, 0.25) is 17.7 Å². The molecular formula is C18H18FN3O3. The minimum Gasteiger partial charge on any atom is -0.326 e. The van der Waals surface area contributed by atoms with Gasteiger partial charge in [0.25, 0.3) is 0 Å². The van der Waals surface area contributed by atoms with Crippen molar-refractivity contribution < 1.29 is 18.8 Å². The molecule has 0 aliphatic rings. The van der Waals surface area contributed by atoms with Gasteiger partial charge in [-0.2, -0.15) is 0 Å². The third kappa shape index (κ3) is 5.42. The number of anilines is 3. The van der Waals surface area contributed by atoms with Gasteiger partial charge in [-0.3, -0.25) is 14.4 Å². The molecule has 7 heteroatoms. The largest absolute Gasteiger partial charge is 0.326 e. The Morgan fingerprint density at radius 3 is 2.12 bits per heavy atom. The first-order chi connectivity index (χ1) is 11.8. The van der Waals surface area contributed by atoms with Crippen LogP contribution in [0.1, 0.15) is 13.8 Å². The molecule has 2 aromatic rings. The average molecular weight is 343 g/mol. The zero-order valence-corrected chi connectivity index (χ0v) is 13.9. The molecule has 6 nitrogen and oxygen atoms in total. The molecule has 0 heterocycles. The molecule has 0 saturated heterocycles. The first-order valence-corrected chi connectivity index (χ1v) is 7.56. The Morgan fingerprint density at radius 1 is 0.960 bits per heavy atom. The van der Waals surface area contributed by atoms with E-state index in [1.165, 1.54) is 43.0 Å². The number of carbonyl (C=O) groups is 3. The number of halogens is 1. The molecule has 0 fully saturated rings. The van der Waals surface area contributed by atoms with E-state index in [4.69, 9.17) is 0 Å². The number of hydrogen-bond acceptors (Lipinski definition) is 3. The second-order valence-corrected chi connectivity index (χ2v) is 5.39. The lowest BCUT2D eigenvalue weighted by atomic mass is 10.2. The molecule has 0 aliphatic heterocycles. The van der Waals surface area contributed by atoms with Crippen LogP contribution in [0.25, 0.3) is 0 Å². The number of carbonyl (C=O) groups excluding carboxylic acids is 3. The maximum absolute atomic E-state index is 13.0. The van der Waals surface area contributed by atoms with Crippen molar-refractivity contribution in [2.75, 3.05) is 22.1 Å². The summed E-state index contributed by atoms with van der Waals surface area (Å²) in [5, 5.41) is 5.28. The van der Waals surface area contributed by atoms with Crippen LogP contribution in [-0.2, 0) is 14.4 Å². The van der Waals surface area contributed by atoms with Crippen LogP contribution < -0.4 is 15.5 Å². The summed E-state index contributed by atoms with van der Waals surface area (Å²) >= 11 is 0. The zero-order chi connectivity index (χ0) is 18.4. The molecule has 130 valence electrons. The van der Waals surface area contributed by atoms with Gasteiger partial charge < -0.3 is 15.5 Å². The van der Waals surface area contributed by atoms with Crippen molar-refractivity contribution in [3.63, 3.8) is 0 Å². The van der Waals surface area contributed by atoms with Gasteiger partial charge in [-0.05, 0) is 42.5 Å². The van der Waals surface area contributed by atoms with E-state index < -0.39 is 11.7 Å². The van der Waals surface area contributed by atoms with Crippen molar-refractivity contribution in [1.82, 2.24) is 0 Å². The zero-order valence-electron chi connectivity index (χ0n) is 13.9. The first kappa shape index (κ1) is 18.1. The van der Waals surface area contributed by atoms with Gasteiger partial charge in [0.15, 0.2) is 0 Å². The number of amides is 3. The SMILES string of the molecule is CC(=O)Nc1cccc(NC(=O)CN(C(C)=O)c2ccc(F)cc2)c1. The highest BCUT2D eigenvalue weighted by atomic mass is 19.1. The summed E-state index contributed by atoms with van der Waals surface area (Å²) in [6.45, 7) is 2.50. The Labute approximate surface area is 144 Å². The van der Waals surface area contributed by atoms with Gasteiger partial charge in [-0.25, -0.2) is 4.39 Å². The molecule has 0 saturated carbocycles. The molecular weight excluding hydrogens is 325 g/mol. The molecule has 2 N–H and O–H groups in total. The highest BCUT2D eigenvalue weighted by Crippen LogP contribution is 2.17. The Morgan fingerprint density at radius 2 is 1.56 bits per heavy atom. The predicted molar refractivity (Wildman–Crippen MR) is 93.8 cm³/mol. The van der Waals surface area contributed by atoms with E-state index in [9.17, 15) is 18.8 Å². The summed E-state index contributed by atoms with van der Waals surface area (Å²) in [5.41, 5.74) is 1.46. The maximum Gasteiger partial charge on any atom is 0.244 e. The highest BCUT2D eigenvalue weighted by molar-refractivity contribution is 6.02. The summed E-state index contributed by atoms with van der Waals surface area (Å²) < 4.78 is 13.0. The summed E-state index contributed by atoms with van der Waals surface area (Å²) in [6, 6.07) is 12.0.